The summed E-state index contributed by atoms with van der Waals surface area (Å²) in [6, 6.07) is 0. The highest BCUT2D eigenvalue weighted by atomic mass is 35.5. The maximum Gasteiger partial charge on any atom is 0.360 e. The summed E-state index contributed by atoms with van der Waals surface area (Å²) in [6.07, 6.45) is 5.22. The van der Waals surface area contributed by atoms with E-state index in [2.05, 4.69) is 5.10 Å². The molecular weight excluding hydrogens is 280 g/mol. The highest BCUT2D eigenvalue weighted by Crippen LogP contribution is 2.35. The second-order valence-electron chi connectivity index (χ2n) is 5.06. The first-order valence-electron chi connectivity index (χ1n) is 7.00. The number of rotatable bonds is 3. The molecule has 0 saturated heterocycles. The summed E-state index contributed by atoms with van der Waals surface area (Å²) < 4.78 is 6.13. The lowest BCUT2D eigenvalue weighted by Gasteiger charge is -2.23. The molecule has 5 nitrogen and oxygen atoms in total. The van der Waals surface area contributed by atoms with E-state index in [1.54, 1.807) is 6.92 Å². The summed E-state index contributed by atoms with van der Waals surface area (Å²) in [5.41, 5.74) is 0.345. The molecule has 0 spiro atoms. The van der Waals surface area contributed by atoms with E-state index in [4.69, 9.17) is 16.3 Å². The fraction of sp³-hybridized carbons (Fsp3) is 0.643. The monoisotopic (exact) mass is 298 g/mol. The van der Waals surface area contributed by atoms with Gasteiger partial charge in [0.15, 0.2) is 5.69 Å². The zero-order valence-electron chi connectivity index (χ0n) is 11.8. The van der Waals surface area contributed by atoms with Crippen molar-refractivity contribution >= 4 is 17.6 Å². The molecule has 6 heteroatoms. The molecule has 1 saturated carbocycles. The topological polar surface area (TPSA) is 61.2 Å². The van der Waals surface area contributed by atoms with E-state index < -0.39 is 5.97 Å². The number of aryl methyl sites for hydroxylation is 1. The van der Waals surface area contributed by atoms with Crippen molar-refractivity contribution in [2.75, 3.05) is 6.61 Å². The van der Waals surface area contributed by atoms with Crippen molar-refractivity contribution < 1.29 is 9.53 Å². The van der Waals surface area contributed by atoms with E-state index in [-0.39, 0.29) is 28.8 Å². The van der Waals surface area contributed by atoms with Gasteiger partial charge in [-0.2, -0.15) is 5.10 Å². The van der Waals surface area contributed by atoms with Crippen LogP contribution in [-0.4, -0.2) is 22.4 Å². The van der Waals surface area contributed by atoms with Gasteiger partial charge in [0, 0.05) is 12.6 Å². The number of ether oxygens (including phenoxy) is 1. The number of aromatic nitrogens is 2. The van der Waals surface area contributed by atoms with Crippen LogP contribution in [0.1, 0.15) is 61.0 Å². The highest BCUT2D eigenvalue weighted by molar-refractivity contribution is 6.34. The van der Waals surface area contributed by atoms with Crippen molar-refractivity contribution in [3.8, 4) is 0 Å². The molecule has 1 fully saturated rings. The predicted octanol–water partition coefficient (Wildman–Crippen LogP) is 2.66. The minimum atomic E-state index is -0.579. The Labute approximate surface area is 122 Å². The summed E-state index contributed by atoms with van der Waals surface area (Å²) in [7, 11) is 1.54. The van der Waals surface area contributed by atoms with Crippen LogP contribution in [0.4, 0.5) is 0 Å². The van der Waals surface area contributed by atoms with Gasteiger partial charge in [0.05, 0.1) is 11.6 Å². The van der Waals surface area contributed by atoms with Gasteiger partial charge in [-0.1, -0.05) is 30.9 Å². The van der Waals surface area contributed by atoms with Crippen molar-refractivity contribution in [2.24, 2.45) is 7.05 Å². The van der Waals surface area contributed by atoms with Crippen LogP contribution in [0, 0.1) is 0 Å². The Morgan fingerprint density at radius 3 is 2.65 bits per heavy atom. The van der Waals surface area contributed by atoms with Gasteiger partial charge in [0.25, 0.3) is 5.56 Å². The molecule has 1 aliphatic rings. The smallest absolute Gasteiger partial charge is 0.360 e. The number of esters is 1. The summed E-state index contributed by atoms with van der Waals surface area (Å²) in [6.45, 7) is 1.97. The Morgan fingerprint density at radius 2 is 2.05 bits per heavy atom. The Balaban J connectivity index is 2.49. The average molecular weight is 299 g/mol. The van der Waals surface area contributed by atoms with Gasteiger partial charge in [-0.15, -0.1) is 0 Å². The quantitative estimate of drug-likeness (QED) is 0.805. The molecule has 1 aromatic heterocycles. The molecule has 1 aliphatic carbocycles. The first kappa shape index (κ1) is 15.0. The lowest BCUT2D eigenvalue weighted by molar-refractivity contribution is 0.0516. The van der Waals surface area contributed by atoms with E-state index in [0.717, 1.165) is 25.7 Å². The van der Waals surface area contributed by atoms with Gasteiger partial charge in [0.1, 0.15) is 0 Å². The van der Waals surface area contributed by atoms with Gasteiger partial charge in [0.2, 0.25) is 0 Å². The molecule has 1 aromatic rings. The molecule has 0 atom stereocenters. The average Bonchev–Trinajstić information content (AvgIpc) is 2.44. The summed E-state index contributed by atoms with van der Waals surface area (Å²) in [5.74, 6) is -0.462. The molecule has 0 bridgehead atoms. The standard InChI is InChI=1S/C14H19ClN2O3/c1-3-20-14(19)12-11(15)10(13(18)17(2)16-12)9-7-5-4-6-8-9/h9H,3-8H2,1-2H3. The Morgan fingerprint density at radius 1 is 1.40 bits per heavy atom. The zero-order chi connectivity index (χ0) is 14.7. The Kier molecular flexibility index (Phi) is 4.81. The molecule has 0 radical (unpaired) electrons. The molecule has 0 amide bonds. The maximum absolute atomic E-state index is 12.3. The van der Waals surface area contributed by atoms with Crippen molar-refractivity contribution in [1.82, 2.24) is 9.78 Å². The van der Waals surface area contributed by atoms with Crippen LogP contribution >= 0.6 is 11.6 Å². The first-order chi connectivity index (χ1) is 9.56. The first-order valence-corrected chi connectivity index (χ1v) is 7.37. The van der Waals surface area contributed by atoms with E-state index in [1.165, 1.54) is 18.2 Å². The summed E-state index contributed by atoms with van der Waals surface area (Å²) in [4.78, 5) is 24.2. The second-order valence-corrected chi connectivity index (χ2v) is 5.44. The number of halogens is 1. The molecule has 20 heavy (non-hydrogen) atoms. The zero-order valence-corrected chi connectivity index (χ0v) is 12.6. The normalized spacial score (nSPS) is 16.1. The molecular formula is C14H19ClN2O3. The van der Waals surface area contributed by atoms with Crippen molar-refractivity contribution in [3.63, 3.8) is 0 Å². The van der Waals surface area contributed by atoms with Crippen LogP contribution in [0.5, 0.6) is 0 Å². The van der Waals surface area contributed by atoms with Crippen LogP contribution in [0.15, 0.2) is 4.79 Å². The lowest BCUT2D eigenvalue weighted by atomic mass is 9.84. The van der Waals surface area contributed by atoms with Crippen LogP contribution < -0.4 is 5.56 Å². The van der Waals surface area contributed by atoms with E-state index in [9.17, 15) is 9.59 Å². The lowest BCUT2D eigenvalue weighted by Crippen LogP contribution is -2.29. The summed E-state index contributed by atoms with van der Waals surface area (Å²) >= 11 is 6.27. The maximum atomic E-state index is 12.3. The van der Waals surface area contributed by atoms with Crippen molar-refractivity contribution in [2.45, 2.75) is 44.9 Å². The second kappa shape index (κ2) is 6.39. The molecule has 110 valence electrons. The minimum absolute atomic E-state index is 0.0381. The molecule has 2 rings (SSSR count). The summed E-state index contributed by atoms with van der Waals surface area (Å²) in [5, 5.41) is 4.11. The van der Waals surface area contributed by atoms with Gasteiger partial charge in [-0.05, 0) is 25.7 Å². The van der Waals surface area contributed by atoms with Gasteiger partial charge >= 0.3 is 5.97 Å². The SMILES string of the molecule is CCOC(=O)c1nn(C)c(=O)c(C2CCCCC2)c1Cl. The van der Waals surface area contributed by atoms with Crippen LogP contribution in [-0.2, 0) is 11.8 Å². The minimum Gasteiger partial charge on any atom is -0.461 e. The third kappa shape index (κ3) is 2.87. The van der Waals surface area contributed by atoms with Gasteiger partial charge in [-0.3, -0.25) is 4.79 Å². The number of hydrogen-bond donors (Lipinski definition) is 0. The molecule has 1 heterocycles. The van der Waals surface area contributed by atoms with Crippen LogP contribution in [0.3, 0.4) is 0 Å². The largest absolute Gasteiger partial charge is 0.461 e. The van der Waals surface area contributed by atoms with Gasteiger partial charge in [-0.25, -0.2) is 9.48 Å². The molecule has 0 aliphatic heterocycles. The molecule has 0 unspecified atom stereocenters. The van der Waals surface area contributed by atoms with E-state index in [0.29, 0.717) is 5.56 Å². The number of carbonyl (C=O) groups excluding carboxylic acids is 1. The molecule has 0 aromatic carbocycles. The fourth-order valence-electron chi connectivity index (χ4n) is 2.71. The van der Waals surface area contributed by atoms with Crippen LogP contribution in [0.2, 0.25) is 5.02 Å². The number of nitrogens with zero attached hydrogens (tertiary/aromatic N) is 2. The molecule has 0 N–H and O–H groups in total. The Hall–Kier alpha value is -1.36. The number of hydrogen-bond acceptors (Lipinski definition) is 4. The van der Waals surface area contributed by atoms with Gasteiger partial charge < -0.3 is 4.74 Å². The fourth-order valence-corrected chi connectivity index (χ4v) is 3.06. The van der Waals surface area contributed by atoms with Crippen LogP contribution in [0.25, 0.3) is 0 Å². The third-order valence-electron chi connectivity index (χ3n) is 3.70. The predicted molar refractivity (Wildman–Crippen MR) is 76.3 cm³/mol. The van der Waals surface area contributed by atoms with Crippen molar-refractivity contribution in [3.05, 3.63) is 26.6 Å². The van der Waals surface area contributed by atoms with Crippen molar-refractivity contribution in [1.29, 1.82) is 0 Å². The van der Waals surface area contributed by atoms with E-state index in [1.807, 2.05) is 0 Å². The number of carbonyl (C=O) groups is 1. The highest BCUT2D eigenvalue weighted by Gasteiger charge is 2.27. The third-order valence-corrected chi connectivity index (χ3v) is 4.08. The Bertz CT molecular complexity index is 562. The van der Waals surface area contributed by atoms with E-state index >= 15 is 0 Å².